The molecule has 0 radical (unpaired) electrons. The second kappa shape index (κ2) is 7.40. The van der Waals surface area contributed by atoms with Crippen LogP contribution in [0.5, 0.6) is 5.75 Å². The molecule has 1 atom stereocenters. The van der Waals surface area contributed by atoms with Crippen LogP contribution in [0.3, 0.4) is 0 Å². The summed E-state index contributed by atoms with van der Waals surface area (Å²) in [6.45, 7) is 0. The van der Waals surface area contributed by atoms with Gasteiger partial charge in [0.25, 0.3) is 5.91 Å². The standard InChI is InChI=1S/C19H19N3O4S2/c1-26-15-5-2-4-13(10-15)20-19(23)16-11-17(18-6-3-8-27-18)22(21-16)14-7-9-28(24,25)12-14/h2-6,8,10-11,14H,7,9,12H2,1H3,(H,20,23). The quantitative estimate of drug-likeness (QED) is 0.688. The predicted octanol–water partition coefficient (Wildman–Crippen LogP) is 3.23. The van der Waals surface area contributed by atoms with Crippen molar-refractivity contribution in [3.05, 3.63) is 53.5 Å². The zero-order valence-corrected chi connectivity index (χ0v) is 16.8. The lowest BCUT2D eigenvalue weighted by Gasteiger charge is -2.12. The van der Waals surface area contributed by atoms with Gasteiger partial charge in [0.05, 0.1) is 35.2 Å². The van der Waals surface area contributed by atoms with E-state index in [1.807, 2.05) is 17.5 Å². The van der Waals surface area contributed by atoms with Crippen molar-refractivity contribution in [1.29, 1.82) is 0 Å². The van der Waals surface area contributed by atoms with E-state index < -0.39 is 9.84 Å². The van der Waals surface area contributed by atoms with Gasteiger partial charge in [0, 0.05) is 11.8 Å². The van der Waals surface area contributed by atoms with E-state index in [1.165, 1.54) is 11.3 Å². The molecule has 0 aliphatic carbocycles. The Morgan fingerprint density at radius 1 is 1.29 bits per heavy atom. The summed E-state index contributed by atoms with van der Waals surface area (Å²) in [5.74, 6) is 0.473. The van der Waals surface area contributed by atoms with Crippen LogP contribution in [0.1, 0.15) is 23.0 Å². The Labute approximate surface area is 166 Å². The number of aromatic nitrogens is 2. The van der Waals surface area contributed by atoms with Crippen molar-refractivity contribution in [2.45, 2.75) is 12.5 Å². The minimum atomic E-state index is -3.07. The number of benzene rings is 1. The van der Waals surface area contributed by atoms with Crippen LogP contribution in [-0.2, 0) is 9.84 Å². The van der Waals surface area contributed by atoms with E-state index >= 15 is 0 Å². The maximum atomic E-state index is 12.7. The molecule has 1 aliphatic heterocycles. The van der Waals surface area contributed by atoms with Crippen molar-refractivity contribution in [3.63, 3.8) is 0 Å². The fourth-order valence-electron chi connectivity index (χ4n) is 3.26. The predicted molar refractivity (Wildman–Crippen MR) is 109 cm³/mol. The number of methoxy groups -OCH3 is 1. The summed E-state index contributed by atoms with van der Waals surface area (Å²) in [5.41, 5.74) is 1.60. The maximum Gasteiger partial charge on any atom is 0.276 e. The van der Waals surface area contributed by atoms with Crippen LogP contribution < -0.4 is 10.1 Å². The molecule has 1 aromatic carbocycles. The Hall–Kier alpha value is -2.65. The summed E-state index contributed by atoms with van der Waals surface area (Å²) in [4.78, 5) is 13.7. The summed E-state index contributed by atoms with van der Waals surface area (Å²) >= 11 is 1.52. The number of amides is 1. The average molecular weight is 418 g/mol. The number of sulfone groups is 1. The number of ether oxygens (including phenoxy) is 1. The number of rotatable bonds is 5. The van der Waals surface area contributed by atoms with Gasteiger partial charge in [-0.3, -0.25) is 9.48 Å². The molecule has 1 N–H and O–H groups in total. The molecule has 0 bridgehead atoms. The highest BCUT2D eigenvalue weighted by molar-refractivity contribution is 7.91. The molecular formula is C19H19N3O4S2. The van der Waals surface area contributed by atoms with Crippen LogP contribution in [0.15, 0.2) is 47.8 Å². The van der Waals surface area contributed by atoms with Gasteiger partial charge in [-0.15, -0.1) is 11.3 Å². The van der Waals surface area contributed by atoms with Crippen molar-refractivity contribution < 1.29 is 17.9 Å². The van der Waals surface area contributed by atoms with Crippen molar-refractivity contribution in [3.8, 4) is 16.3 Å². The topological polar surface area (TPSA) is 90.3 Å². The van der Waals surface area contributed by atoms with E-state index in [9.17, 15) is 13.2 Å². The van der Waals surface area contributed by atoms with E-state index in [1.54, 1.807) is 42.1 Å². The Kier molecular flexibility index (Phi) is 4.94. The number of anilines is 1. The van der Waals surface area contributed by atoms with Gasteiger partial charge >= 0.3 is 0 Å². The highest BCUT2D eigenvalue weighted by atomic mass is 32.2. The lowest BCUT2D eigenvalue weighted by atomic mass is 10.2. The minimum absolute atomic E-state index is 0.0456. The normalized spacial score (nSPS) is 18.1. The number of nitrogens with one attached hydrogen (secondary N) is 1. The second-order valence-electron chi connectivity index (χ2n) is 6.58. The van der Waals surface area contributed by atoms with Crippen molar-refractivity contribution in [2.75, 3.05) is 23.9 Å². The summed E-state index contributed by atoms with van der Waals surface area (Å²) in [6.07, 6.45) is 0.499. The summed E-state index contributed by atoms with van der Waals surface area (Å²) < 4.78 is 30.7. The third-order valence-electron chi connectivity index (χ3n) is 4.62. The van der Waals surface area contributed by atoms with Crippen LogP contribution in [0.2, 0.25) is 0 Å². The van der Waals surface area contributed by atoms with Crippen LogP contribution in [0, 0.1) is 0 Å². The van der Waals surface area contributed by atoms with Crippen LogP contribution in [0.4, 0.5) is 5.69 Å². The first-order chi connectivity index (χ1) is 13.4. The van der Waals surface area contributed by atoms with Gasteiger partial charge in [-0.05, 0) is 36.1 Å². The van der Waals surface area contributed by atoms with Crippen LogP contribution in [-0.4, -0.2) is 42.7 Å². The number of carbonyl (C=O) groups excluding carboxylic acids is 1. The van der Waals surface area contributed by atoms with Crippen molar-refractivity contribution >= 4 is 32.8 Å². The first-order valence-corrected chi connectivity index (χ1v) is 11.4. The zero-order chi connectivity index (χ0) is 19.7. The zero-order valence-electron chi connectivity index (χ0n) is 15.2. The molecule has 146 valence electrons. The highest BCUT2D eigenvalue weighted by Gasteiger charge is 2.32. The number of nitrogens with zero attached hydrogens (tertiary/aromatic N) is 2. The molecule has 1 unspecified atom stereocenters. The minimum Gasteiger partial charge on any atom is -0.497 e. The van der Waals surface area contributed by atoms with Gasteiger partial charge in [0.1, 0.15) is 5.75 Å². The third kappa shape index (κ3) is 3.81. The average Bonchev–Trinajstić information content (AvgIpc) is 3.40. The molecule has 7 nitrogen and oxygen atoms in total. The fourth-order valence-corrected chi connectivity index (χ4v) is 5.68. The number of carbonyl (C=O) groups is 1. The summed E-state index contributed by atoms with van der Waals surface area (Å²) in [7, 11) is -1.51. The Morgan fingerprint density at radius 2 is 2.14 bits per heavy atom. The van der Waals surface area contributed by atoms with Crippen molar-refractivity contribution in [1.82, 2.24) is 9.78 Å². The molecule has 1 aliphatic rings. The molecule has 1 fully saturated rings. The Balaban J connectivity index is 1.66. The van der Waals surface area contributed by atoms with E-state index in [-0.39, 0.29) is 29.1 Å². The molecule has 2 aromatic heterocycles. The Bertz CT molecular complexity index is 1100. The van der Waals surface area contributed by atoms with Crippen molar-refractivity contribution in [2.24, 2.45) is 0 Å². The van der Waals surface area contributed by atoms with E-state index in [0.29, 0.717) is 17.9 Å². The molecule has 0 spiro atoms. The number of hydrogen-bond acceptors (Lipinski definition) is 6. The molecule has 3 aromatic rings. The van der Waals surface area contributed by atoms with Gasteiger partial charge in [-0.2, -0.15) is 5.10 Å². The SMILES string of the molecule is COc1cccc(NC(=O)c2cc(-c3cccs3)n(C3CCS(=O)(=O)C3)n2)c1. The van der Waals surface area contributed by atoms with Crippen LogP contribution in [0.25, 0.3) is 10.6 Å². The molecule has 9 heteroatoms. The van der Waals surface area contributed by atoms with E-state index in [4.69, 9.17) is 4.74 Å². The number of thiophene rings is 1. The third-order valence-corrected chi connectivity index (χ3v) is 7.27. The number of hydrogen-bond donors (Lipinski definition) is 1. The smallest absolute Gasteiger partial charge is 0.276 e. The second-order valence-corrected chi connectivity index (χ2v) is 9.76. The van der Waals surface area contributed by atoms with Gasteiger partial charge < -0.3 is 10.1 Å². The van der Waals surface area contributed by atoms with E-state index in [0.717, 1.165) is 10.6 Å². The summed E-state index contributed by atoms with van der Waals surface area (Å²) in [5, 5.41) is 9.22. The monoisotopic (exact) mass is 417 g/mol. The first kappa shape index (κ1) is 18.7. The largest absolute Gasteiger partial charge is 0.497 e. The van der Waals surface area contributed by atoms with E-state index in [2.05, 4.69) is 10.4 Å². The molecule has 1 amide bonds. The maximum absolute atomic E-state index is 12.7. The highest BCUT2D eigenvalue weighted by Crippen LogP contribution is 2.32. The Morgan fingerprint density at radius 3 is 2.82 bits per heavy atom. The molecule has 3 heterocycles. The van der Waals surface area contributed by atoms with Gasteiger partial charge in [0.2, 0.25) is 0 Å². The lowest BCUT2D eigenvalue weighted by molar-refractivity contribution is 0.102. The van der Waals surface area contributed by atoms with Gasteiger partial charge in [0.15, 0.2) is 15.5 Å². The molecule has 4 rings (SSSR count). The molecular weight excluding hydrogens is 398 g/mol. The first-order valence-electron chi connectivity index (χ1n) is 8.74. The lowest BCUT2D eigenvalue weighted by Crippen LogP contribution is -2.16. The molecule has 0 saturated carbocycles. The molecule has 28 heavy (non-hydrogen) atoms. The fraction of sp³-hybridized carbons (Fsp3) is 0.263. The summed E-state index contributed by atoms with van der Waals surface area (Å²) in [6, 6.07) is 12.4. The molecule has 1 saturated heterocycles. The van der Waals surface area contributed by atoms with Gasteiger partial charge in [-0.25, -0.2) is 8.42 Å². The van der Waals surface area contributed by atoms with Gasteiger partial charge in [-0.1, -0.05) is 12.1 Å². The van der Waals surface area contributed by atoms with Crippen LogP contribution >= 0.6 is 11.3 Å².